The third kappa shape index (κ3) is 3.69. The molecule has 0 bridgehead atoms. The second-order valence-corrected chi connectivity index (χ2v) is 6.31. The monoisotopic (exact) mass is 404 g/mol. The Morgan fingerprint density at radius 3 is 2.72 bits per heavy atom. The molecule has 128 valence electrons. The Hall–Kier alpha value is -2.74. The maximum absolute atomic E-state index is 12.3. The average Bonchev–Trinajstić information content (AvgIpc) is 3.01. The van der Waals surface area contributed by atoms with Crippen LogP contribution in [0.4, 0.5) is 11.4 Å². The Labute approximate surface area is 151 Å². The van der Waals surface area contributed by atoms with E-state index in [0.717, 1.165) is 12.5 Å². The number of benzene rings is 2. The first-order chi connectivity index (χ1) is 12.0. The number of amides is 1. The van der Waals surface area contributed by atoms with E-state index in [4.69, 9.17) is 4.74 Å². The summed E-state index contributed by atoms with van der Waals surface area (Å²) in [6.07, 6.45) is 1.30. The van der Waals surface area contributed by atoms with Gasteiger partial charge in [0.2, 0.25) is 5.91 Å². The first-order valence-electron chi connectivity index (χ1n) is 7.52. The van der Waals surface area contributed by atoms with Crippen LogP contribution in [0.1, 0.15) is 23.2 Å². The smallest absolute Gasteiger partial charge is 0.343 e. The maximum Gasteiger partial charge on any atom is 0.343 e. The van der Waals surface area contributed by atoms with E-state index in [0.29, 0.717) is 18.7 Å². The van der Waals surface area contributed by atoms with E-state index in [1.807, 2.05) is 0 Å². The highest BCUT2D eigenvalue weighted by molar-refractivity contribution is 9.10. The molecule has 0 aromatic heterocycles. The molecule has 2 aromatic rings. The molecule has 0 radical (unpaired) electrons. The summed E-state index contributed by atoms with van der Waals surface area (Å²) >= 11 is 3.07. The van der Waals surface area contributed by atoms with Crippen LogP contribution >= 0.6 is 15.9 Å². The molecular weight excluding hydrogens is 392 g/mol. The SMILES string of the molecule is O=C(Oc1cccc(N2CCCC2=O)c1)c1ccc(Br)c([N+](=O)[O-])c1. The van der Waals surface area contributed by atoms with Crippen molar-refractivity contribution in [1.29, 1.82) is 0 Å². The summed E-state index contributed by atoms with van der Waals surface area (Å²) in [7, 11) is 0. The predicted octanol–water partition coefficient (Wildman–Crippen LogP) is 3.70. The van der Waals surface area contributed by atoms with Crippen molar-refractivity contribution in [2.24, 2.45) is 0 Å². The largest absolute Gasteiger partial charge is 0.423 e. The summed E-state index contributed by atoms with van der Waals surface area (Å²) in [6.45, 7) is 0.634. The number of nitro groups is 1. The van der Waals surface area contributed by atoms with Crippen LogP contribution in [0.3, 0.4) is 0 Å². The fraction of sp³-hybridized carbons (Fsp3) is 0.176. The molecule has 0 unspecified atom stereocenters. The Balaban J connectivity index is 1.81. The molecule has 8 heteroatoms. The van der Waals surface area contributed by atoms with E-state index in [1.165, 1.54) is 12.1 Å². The van der Waals surface area contributed by atoms with Crippen molar-refractivity contribution >= 4 is 39.2 Å². The highest BCUT2D eigenvalue weighted by Gasteiger charge is 2.22. The van der Waals surface area contributed by atoms with Gasteiger partial charge in [-0.3, -0.25) is 14.9 Å². The van der Waals surface area contributed by atoms with Gasteiger partial charge in [0, 0.05) is 30.8 Å². The Morgan fingerprint density at radius 2 is 2.04 bits per heavy atom. The fourth-order valence-corrected chi connectivity index (χ4v) is 2.97. The average molecular weight is 405 g/mol. The summed E-state index contributed by atoms with van der Waals surface area (Å²) in [5.41, 5.74) is 0.512. The molecule has 0 spiro atoms. The molecule has 2 aromatic carbocycles. The van der Waals surface area contributed by atoms with Crippen molar-refractivity contribution in [1.82, 2.24) is 0 Å². The molecule has 1 fully saturated rings. The fourth-order valence-electron chi connectivity index (χ4n) is 2.58. The van der Waals surface area contributed by atoms with Crippen LogP contribution < -0.4 is 9.64 Å². The van der Waals surface area contributed by atoms with Gasteiger partial charge in [-0.15, -0.1) is 0 Å². The van der Waals surface area contributed by atoms with Gasteiger partial charge in [-0.1, -0.05) is 6.07 Å². The quantitative estimate of drug-likeness (QED) is 0.335. The van der Waals surface area contributed by atoms with Crippen LogP contribution in [0.25, 0.3) is 0 Å². The van der Waals surface area contributed by atoms with E-state index < -0.39 is 10.9 Å². The number of carbonyl (C=O) groups is 2. The minimum absolute atomic E-state index is 0.0343. The van der Waals surface area contributed by atoms with Crippen molar-refractivity contribution < 1.29 is 19.2 Å². The van der Waals surface area contributed by atoms with Gasteiger partial charge in [0.1, 0.15) is 5.75 Å². The summed E-state index contributed by atoms with van der Waals surface area (Å²) in [5, 5.41) is 11.0. The third-order valence-electron chi connectivity index (χ3n) is 3.79. The number of halogens is 1. The normalized spacial score (nSPS) is 13.8. The van der Waals surface area contributed by atoms with Crippen LogP contribution in [0.2, 0.25) is 0 Å². The number of hydrogen-bond acceptors (Lipinski definition) is 5. The molecule has 7 nitrogen and oxygen atoms in total. The van der Waals surface area contributed by atoms with E-state index in [-0.39, 0.29) is 27.4 Å². The molecule has 25 heavy (non-hydrogen) atoms. The molecule has 0 saturated carbocycles. The number of esters is 1. The van der Waals surface area contributed by atoms with Crippen LogP contribution in [-0.4, -0.2) is 23.3 Å². The van der Waals surface area contributed by atoms with E-state index >= 15 is 0 Å². The topological polar surface area (TPSA) is 89.8 Å². The molecule has 0 aliphatic carbocycles. The Bertz CT molecular complexity index is 868. The zero-order valence-corrected chi connectivity index (χ0v) is 14.6. The zero-order valence-electron chi connectivity index (χ0n) is 13.0. The second-order valence-electron chi connectivity index (χ2n) is 5.46. The minimum Gasteiger partial charge on any atom is -0.423 e. The second kappa shape index (κ2) is 7.02. The third-order valence-corrected chi connectivity index (χ3v) is 4.46. The van der Waals surface area contributed by atoms with Gasteiger partial charge in [-0.25, -0.2) is 4.79 Å². The lowest BCUT2D eigenvalue weighted by molar-refractivity contribution is -0.385. The molecule has 1 aliphatic heterocycles. The molecule has 1 saturated heterocycles. The highest BCUT2D eigenvalue weighted by atomic mass is 79.9. The Kier molecular flexibility index (Phi) is 4.80. The number of rotatable bonds is 4. The van der Waals surface area contributed by atoms with Crippen LogP contribution in [0.5, 0.6) is 5.75 Å². The lowest BCUT2D eigenvalue weighted by Gasteiger charge is -2.16. The van der Waals surface area contributed by atoms with Crippen molar-refractivity contribution in [3.63, 3.8) is 0 Å². The highest BCUT2D eigenvalue weighted by Crippen LogP contribution is 2.28. The summed E-state index contributed by atoms with van der Waals surface area (Å²) in [5.74, 6) is -0.403. The number of carbonyl (C=O) groups excluding carboxylic acids is 2. The van der Waals surface area contributed by atoms with Gasteiger partial charge in [0.15, 0.2) is 0 Å². The van der Waals surface area contributed by atoms with Gasteiger partial charge < -0.3 is 9.64 Å². The molecule has 1 amide bonds. The van der Waals surface area contributed by atoms with E-state index in [1.54, 1.807) is 29.2 Å². The van der Waals surface area contributed by atoms with E-state index in [2.05, 4.69) is 15.9 Å². The number of nitrogens with zero attached hydrogens (tertiary/aromatic N) is 2. The van der Waals surface area contributed by atoms with E-state index in [9.17, 15) is 19.7 Å². The zero-order chi connectivity index (χ0) is 18.0. The van der Waals surface area contributed by atoms with Crippen LogP contribution in [0.15, 0.2) is 46.9 Å². The first kappa shape index (κ1) is 17.1. The molecule has 3 rings (SSSR count). The van der Waals surface area contributed by atoms with Gasteiger partial charge >= 0.3 is 5.97 Å². The van der Waals surface area contributed by atoms with Crippen molar-refractivity contribution in [3.8, 4) is 5.75 Å². The summed E-state index contributed by atoms with van der Waals surface area (Å²) in [6, 6.07) is 10.7. The molecule has 0 N–H and O–H groups in total. The lowest BCUT2D eigenvalue weighted by Crippen LogP contribution is -2.23. The van der Waals surface area contributed by atoms with Crippen LogP contribution in [0, 0.1) is 10.1 Å². The number of anilines is 1. The van der Waals surface area contributed by atoms with Gasteiger partial charge in [-0.05, 0) is 46.6 Å². The number of hydrogen-bond donors (Lipinski definition) is 0. The number of ether oxygens (including phenoxy) is 1. The minimum atomic E-state index is -0.708. The lowest BCUT2D eigenvalue weighted by atomic mass is 10.2. The van der Waals surface area contributed by atoms with Crippen molar-refractivity contribution in [2.45, 2.75) is 12.8 Å². The predicted molar refractivity (Wildman–Crippen MR) is 93.8 cm³/mol. The van der Waals surface area contributed by atoms with Crippen molar-refractivity contribution in [3.05, 3.63) is 62.6 Å². The van der Waals surface area contributed by atoms with Gasteiger partial charge in [-0.2, -0.15) is 0 Å². The molecule has 1 aliphatic rings. The molecule has 0 atom stereocenters. The standard InChI is InChI=1S/C17H13BrN2O5/c18-14-7-6-11(9-15(14)20(23)24)17(22)25-13-4-1-3-12(10-13)19-8-2-5-16(19)21/h1,3-4,6-7,9-10H,2,5,8H2. The molecular formula is C17H13BrN2O5. The number of nitro benzene ring substituents is 1. The van der Waals surface area contributed by atoms with Crippen LogP contribution in [-0.2, 0) is 4.79 Å². The molecule has 1 heterocycles. The van der Waals surface area contributed by atoms with Crippen molar-refractivity contribution in [2.75, 3.05) is 11.4 Å². The van der Waals surface area contributed by atoms with Gasteiger partial charge in [0.05, 0.1) is 15.0 Å². The Morgan fingerprint density at radius 1 is 1.24 bits per heavy atom. The van der Waals surface area contributed by atoms with Gasteiger partial charge in [0.25, 0.3) is 5.69 Å². The summed E-state index contributed by atoms with van der Waals surface area (Å²) in [4.78, 5) is 36.1. The summed E-state index contributed by atoms with van der Waals surface area (Å²) < 4.78 is 5.58. The maximum atomic E-state index is 12.3. The first-order valence-corrected chi connectivity index (χ1v) is 8.31.